The molecule has 4 rings (SSSR count). The lowest BCUT2D eigenvalue weighted by Crippen LogP contribution is -2.36. The van der Waals surface area contributed by atoms with E-state index in [9.17, 15) is 4.79 Å². The van der Waals surface area contributed by atoms with Crippen molar-refractivity contribution in [1.82, 2.24) is 20.3 Å². The predicted molar refractivity (Wildman–Crippen MR) is 88.7 cm³/mol. The second-order valence-electron chi connectivity index (χ2n) is 5.84. The van der Waals surface area contributed by atoms with Gasteiger partial charge < -0.3 is 10.1 Å². The zero-order valence-corrected chi connectivity index (χ0v) is 13.2. The molecule has 1 saturated carbocycles. The van der Waals surface area contributed by atoms with Crippen molar-refractivity contribution in [2.45, 2.75) is 18.4 Å². The molecule has 1 N–H and O–H groups in total. The van der Waals surface area contributed by atoms with Crippen LogP contribution in [0.3, 0.4) is 0 Å². The number of fused-ring (bicyclic) bond motifs is 1. The lowest BCUT2D eigenvalue weighted by atomic mass is 10.1. The number of hydrogen-bond acceptors (Lipinski definition) is 5. The average Bonchev–Trinajstić information content (AvgIpc) is 3.42. The van der Waals surface area contributed by atoms with Gasteiger partial charge in [-0.15, -0.1) is 0 Å². The van der Waals surface area contributed by atoms with Crippen molar-refractivity contribution < 1.29 is 9.53 Å². The summed E-state index contributed by atoms with van der Waals surface area (Å²) in [5.74, 6) is 1.03. The Morgan fingerprint density at radius 2 is 1.92 bits per heavy atom. The zero-order chi connectivity index (χ0) is 16.6. The number of hydrogen-bond donors (Lipinski definition) is 1. The minimum absolute atomic E-state index is 0.246. The fourth-order valence-corrected chi connectivity index (χ4v) is 2.79. The predicted octanol–water partition coefficient (Wildman–Crippen LogP) is 2.45. The highest BCUT2D eigenvalue weighted by Crippen LogP contribution is 2.43. The van der Waals surface area contributed by atoms with E-state index < -0.39 is 5.54 Å². The molecule has 0 unspecified atom stereocenters. The summed E-state index contributed by atoms with van der Waals surface area (Å²) in [5, 5.41) is 3.91. The monoisotopic (exact) mass is 320 g/mol. The van der Waals surface area contributed by atoms with Crippen LogP contribution in [0.4, 0.5) is 0 Å². The first-order chi connectivity index (χ1) is 11.7. The van der Waals surface area contributed by atoms with Gasteiger partial charge in [-0.05, 0) is 31.0 Å². The molecule has 2 heterocycles. The van der Waals surface area contributed by atoms with E-state index in [2.05, 4.69) is 20.3 Å². The molecule has 0 aliphatic heterocycles. The Bertz CT molecular complexity index is 907. The lowest BCUT2D eigenvalue weighted by molar-refractivity contribution is 0.0923. The number of aromatic nitrogens is 3. The third-order valence-corrected chi connectivity index (χ3v) is 4.23. The molecule has 2 aromatic heterocycles. The third kappa shape index (κ3) is 2.46. The van der Waals surface area contributed by atoms with E-state index in [1.165, 1.54) is 0 Å². The largest absolute Gasteiger partial charge is 0.496 e. The SMILES string of the molecule is COc1cc(C(=O)NC2(c3ncccn3)CC2)nc2ccccc12. The summed E-state index contributed by atoms with van der Waals surface area (Å²) in [7, 11) is 1.59. The van der Waals surface area contributed by atoms with E-state index in [4.69, 9.17) is 4.74 Å². The second-order valence-corrected chi connectivity index (χ2v) is 5.84. The minimum Gasteiger partial charge on any atom is -0.496 e. The molecule has 1 aromatic carbocycles. The van der Waals surface area contributed by atoms with Crippen molar-refractivity contribution in [1.29, 1.82) is 0 Å². The van der Waals surface area contributed by atoms with Crippen molar-refractivity contribution in [3.8, 4) is 5.75 Å². The molecular formula is C18H16N4O2. The summed E-state index contributed by atoms with van der Waals surface area (Å²) in [6.45, 7) is 0. The van der Waals surface area contributed by atoms with Crippen molar-refractivity contribution >= 4 is 16.8 Å². The van der Waals surface area contributed by atoms with Gasteiger partial charge in [-0.25, -0.2) is 15.0 Å². The van der Waals surface area contributed by atoms with Gasteiger partial charge in [0.05, 0.1) is 12.6 Å². The van der Waals surface area contributed by atoms with E-state index >= 15 is 0 Å². The molecule has 0 atom stereocenters. The quantitative estimate of drug-likeness (QED) is 0.799. The van der Waals surface area contributed by atoms with Crippen LogP contribution < -0.4 is 10.1 Å². The molecule has 0 radical (unpaired) electrons. The summed E-state index contributed by atoms with van der Waals surface area (Å²) < 4.78 is 5.40. The number of carbonyl (C=O) groups is 1. The topological polar surface area (TPSA) is 77.0 Å². The first kappa shape index (κ1) is 14.6. The summed E-state index contributed by atoms with van der Waals surface area (Å²) in [6, 6.07) is 11.0. The number of nitrogens with one attached hydrogen (secondary N) is 1. The number of ether oxygens (including phenoxy) is 1. The van der Waals surface area contributed by atoms with Gasteiger partial charge in [-0.1, -0.05) is 12.1 Å². The zero-order valence-electron chi connectivity index (χ0n) is 13.2. The van der Waals surface area contributed by atoms with Gasteiger partial charge in [0.15, 0.2) is 5.82 Å². The molecule has 6 heteroatoms. The number of methoxy groups -OCH3 is 1. The standard InChI is InChI=1S/C18H16N4O2/c1-24-15-11-14(21-13-6-3-2-5-12(13)15)16(23)22-18(7-8-18)17-19-9-4-10-20-17/h2-6,9-11H,7-8H2,1H3,(H,22,23). The fraction of sp³-hybridized carbons (Fsp3) is 0.222. The number of amides is 1. The number of nitrogens with zero attached hydrogens (tertiary/aromatic N) is 3. The average molecular weight is 320 g/mol. The molecule has 120 valence electrons. The third-order valence-electron chi connectivity index (χ3n) is 4.23. The highest BCUT2D eigenvalue weighted by Gasteiger charge is 2.48. The van der Waals surface area contributed by atoms with E-state index in [0.29, 0.717) is 17.3 Å². The first-order valence-electron chi connectivity index (χ1n) is 7.76. The molecule has 6 nitrogen and oxygen atoms in total. The maximum Gasteiger partial charge on any atom is 0.270 e. The van der Waals surface area contributed by atoms with Crippen LogP contribution in [0, 0.1) is 0 Å². The number of pyridine rings is 1. The highest BCUT2D eigenvalue weighted by molar-refractivity contribution is 5.97. The second kappa shape index (κ2) is 5.56. The van der Waals surface area contributed by atoms with Crippen LogP contribution in [0.2, 0.25) is 0 Å². The Kier molecular flexibility index (Phi) is 3.37. The van der Waals surface area contributed by atoms with Gasteiger partial charge in [0.1, 0.15) is 17.0 Å². The molecule has 1 aliphatic rings. The molecular weight excluding hydrogens is 304 g/mol. The summed E-state index contributed by atoms with van der Waals surface area (Å²) in [4.78, 5) is 25.7. The van der Waals surface area contributed by atoms with E-state index in [0.717, 1.165) is 23.7 Å². The molecule has 0 spiro atoms. The van der Waals surface area contributed by atoms with Gasteiger partial charge in [0, 0.05) is 23.8 Å². The van der Waals surface area contributed by atoms with E-state index in [1.807, 2.05) is 24.3 Å². The summed E-state index contributed by atoms with van der Waals surface area (Å²) >= 11 is 0. The molecule has 1 amide bonds. The van der Waals surface area contributed by atoms with E-state index in [1.54, 1.807) is 31.6 Å². The number of para-hydroxylation sites is 1. The smallest absolute Gasteiger partial charge is 0.270 e. The van der Waals surface area contributed by atoms with Crippen LogP contribution >= 0.6 is 0 Å². The molecule has 24 heavy (non-hydrogen) atoms. The van der Waals surface area contributed by atoms with Gasteiger partial charge in [0.2, 0.25) is 0 Å². The molecule has 0 saturated heterocycles. The number of carbonyl (C=O) groups excluding carboxylic acids is 1. The van der Waals surface area contributed by atoms with E-state index in [-0.39, 0.29) is 5.91 Å². The number of benzene rings is 1. The van der Waals surface area contributed by atoms with Crippen molar-refractivity contribution in [2.24, 2.45) is 0 Å². The Hall–Kier alpha value is -3.02. The Labute approximate surface area is 138 Å². The van der Waals surface area contributed by atoms with Gasteiger partial charge >= 0.3 is 0 Å². The maximum atomic E-state index is 12.7. The van der Waals surface area contributed by atoms with Crippen LogP contribution in [0.1, 0.15) is 29.2 Å². The Morgan fingerprint density at radius 1 is 1.17 bits per heavy atom. The van der Waals surface area contributed by atoms with Crippen molar-refractivity contribution in [3.63, 3.8) is 0 Å². The first-order valence-corrected chi connectivity index (χ1v) is 7.76. The van der Waals surface area contributed by atoms with Crippen LogP contribution in [0.5, 0.6) is 5.75 Å². The van der Waals surface area contributed by atoms with Gasteiger partial charge in [-0.2, -0.15) is 0 Å². The fourth-order valence-electron chi connectivity index (χ4n) is 2.79. The highest BCUT2D eigenvalue weighted by atomic mass is 16.5. The summed E-state index contributed by atoms with van der Waals surface area (Å²) in [5.41, 5.74) is 0.578. The summed E-state index contributed by atoms with van der Waals surface area (Å²) in [6.07, 6.45) is 5.03. The number of rotatable bonds is 4. The molecule has 1 aliphatic carbocycles. The Balaban J connectivity index is 1.67. The van der Waals surface area contributed by atoms with Gasteiger partial charge in [-0.3, -0.25) is 4.79 Å². The molecule has 1 fully saturated rings. The minimum atomic E-state index is -0.473. The van der Waals surface area contributed by atoms with Crippen molar-refractivity contribution in [3.05, 3.63) is 60.3 Å². The maximum absolute atomic E-state index is 12.7. The Morgan fingerprint density at radius 3 is 2.62 bits per heavy atom. The lowest BCUT2D eigenvalue weighted by Gasteiger charge is -2.16. The normalized spacial score (nSPS) is 15.0. The van der Waals surface area contributed by atoms with Crippen LogP contribution in [-0.4, -0.2) is 28.0 Å². The van der Waals surface area contributed by atoms with Crippen LogP contribution in [0.25, 0.3) is 10.9 Å². The van der Waals surface area contributed by atoms with Crippen molar-refractivity contribution in [2.75, 3.05) is 7.11 Å². The molecule has 3 aromatic rings. The molecule has 0 bridgehead atoms. The van der Waals surface area contributed by atoms with Gasteiger partial charge in [0.25, 0.3) is 5.91 Å². The van der Waals surface area contributed by atoms with Crippen LogP contribution in [0.15, 0.2) is 48.8 Å². The van der Waals surface area contributed by atoms with Crippen LogP contribution in [-0.2, 0) is 5.54 Å².